The molecule has 4 nitrogen and oxygen atoms in total. The van der Waals surface area contributed by atoms with Crippen LogP contribution >= 0.6 is 11.6 Å². The van der Waals surface area contributed by atoms with Crippen molar-refractivity contribution in [2.75, 3.05) is 33.2 Å². The molecule has 1 aliphatic rings. The molecular weight excluding hydrogens is 344 g/mol. The highest BCUT2D eigenvalue weighted by Gasteiger charge is 2.17. The second-order valence-electron chi connectivity index (χ2n) is 6.96. The second-order valence-corrected chi connectivity index (χ2v) is 7.37. The van der Waals surface area contributed by atoms with Gasteiger partial charge in [0.2, 0.25) is 0 Å². The van der Waals surface area contributed by atoms with Crippen molar-refractivity contribution in [1.82, 2.24) is 19.8 Å². The number of fused-ring (bicyclic) bond motifs is 1. The van der Waals surface area contributed by atoms with Crippen LogP contribution in [0.25, 0.3) is 22.0 Å². The van der Waals surface area contributed by atoms with E-state index in [0.29, 0.717) is 5.02 Å². The number of hydrogen-bond donors (Lipinski definition) is 0. The summed E-state index contributed by atoms with van der Waals surface area (Å²) >= 11 is 6.46. The SMILES string of the molecule is CN1CCCN(Cc2nc3ccccc3cc2-c2ccncc2Cl)CC1. The average molecular weight is 367 g/mol. The summed E-state index contributed by atoms with van der Waals surface area (Å²) in [7, 11) is 2.19. The van der Waals surface area contributed by atoms with E-state index in [1.807, 2.05) is 18.2 Å². The molecule has 0 atom stereocenters. The van der Waals surface area contributed by atoms with Crippen molar-refractivity contribution in [2.45, 2.75) is 13.0 Å². The maximum Gasteiger partial charge on any atom is 0.0706 e. The van der Waals surface area contributed by atoms with Crippen molar-refractivity contribution in [3.05, 3.63) is 59.5 Å². The van der Waals surface area contributed by atoms with Gasteiger partial charge in [0.05, 0.1) is 16.2 Å². The molecule has 1 fully saturated rings. The van der Waals surface area contributed by atoms with E-state index in [0.717, 1.165) is 60.4 Å². The van der Waals surface area contributed by atoms with Crippen LogP contribution in [0.1, 0.15) is 12.1 Å². The maximum absolute atomic E-state index is 6.46. The van der Waals surface area contributed by atoms with E-state index >= 15 is 0 Å². The van der Waals surface area contributed by atoms with E-state index in [4.69, 9.17) is 16.6 Å². The lowest BCUT2D eigenvalue weighted by molar-refractivity contribution is 0.267. The Balaban J connectivity index is 1.76. The number of likely N-dealkylation sites (N-methyl/N-ethyl adjacent to an activating group) is 1. The Morgan fingerprint density at radius 2 is 1.92 bits per heavy atom. The molecule has 0 radical (unpaired) electrons. The first-order valence-electron chi connectivity index (χ1n) is 9.10. The topological polar surface area (TPSA) is 32.3 Å². The van der Waals surface area contributed by atoms with Gasteiger partial charge in [0, 0.05) is 48.5 Å². The quantitative estimate of drug-likeness (QED) is 0.699. The summed E-state index contributed by atoms with van der Waals surface area (Å²) in [6, 6.07) is 12.5. The van der Waals surface area contributed by atoms with Gasteiger partial charge < -0.3 is 4.90 Å². The van der Waals surface area contributed by atoms with Gasteiger partial charge >= 0.3 is 0 Å². The Morgan fingerprint density at radius 1 is 1.04 bits per heavy atom. The van der Waals surface area contributed by atoms with Gasteiger partial charge in [-0.25, -0.2) is 0 Å². The monoisotopic (exact) mass is 366 g/mol. The van der Waals surface area contributed by atoms with Gasteiger partial charge in [-0.3, -0.25) is 14.9 Å². The normalized spacial score (nSPS) is 16.7. The van der Waals surface area contributed by atoms with Crippen LogP contribution in [0.15, 0.2) is 48.8 Å². The summed E-state index contributed by atoms with van der Waals surface area (Å²) in [4.78, 5) is 14.0. The van der Waals surface area contributed by atoms with Crippen molar-refractivity contribution in [1.29, 1.82) is 0 Å². The zero-order valence-electron chi connectivity index (χ0n) is 15.0. The van der Waals surface area contributed by atoms with E-state index in [2.05, 4.69) is 40.0 Å². The molecule has 2 aromatic heterocycles. The van der Waals surface area contributed by atoms with Crippen LogP contribution < -0.4 is 0 Å². The van der Waals surface area contributed by atoms with Crippen LogP contribution in [0.3, 0.4) is 0 Å². The Hall–Kier alpha value is -2.01. The fraction of sp³-hybridized carbons (Fsp3) is 0.333. The largest absolute Gasteiger partial charge is 0.305 e. The maximum atomic E-state index is 6.46. The van der Waals surface area contributed by atoms with Crippen LogP contribution in [0.4, 0.5) is 0 Å². The third-order valence-electron chi connectivity index (χ3n) is 5.05. The van der Waals surface area contributed by atoms with E-state index in [1.165, 1.54) is 6.42 Å². The third-order valence-corrected chi connectivity index (χ3v) is 5.35. The minimum Gasteiger partial charge on any atom is -0.305 e. The number of hydrogen-bond acceptors (Lipinski definition) is 4. The Labute approximate surface area is 159 Å². The van der Waals surface area contributed by atoms with Gasteiger partial charge in [-0.2, -0.15) is 0 Å². The minimum atomic E-state index is 0.668. The fourth-order valence-corrected chi connectivity index (χ4v) is 3.79. The van der Waals surface area contributed by atoms with E-state index in [1.54, 1.807) is 12.4 Å². The standard InChI is InChI=1S/C21H23ClN4/c1-25-9-4-10-26(12-11-25)15-21-18(17-7-8-23-14-19(17)22)13-16-5-2-3-6-20(16)24-21/h2-3,5-8,13-14H,4,9-12,15H2,1H3. The summed E-state index contributed by atoms with van der Waals surface area (Å²) in [5.41, 5.74) is 4.22. The van der Waals surface area contributed by atoms with Crippen molar-refractivity contribution >= 4 is 22.5 Å². The predicted octanol–water partition coefficient (Wildman–Crippen LogP) is 4.09. The lowest BCUT2D eigenvalue weighted by atomic mass is 10.0. The second kappa shape index (κ2) is 7.70. The molecule has 4 rings (SSSR count). The van der Waals surface area contributed by atoms with Gasteiger partial charge in [-0.1, -0.05) is 29.8 Å². The minimum absolute atomic E-state index is 0.668. The highest BCUT2D eigenvalue weighted by atomic mass is 35.5. The number of aromatic nitrogens is 2. The summed E-state index contributed by atoms with van der Waals surface area (Å²) in [6.45, 7) is 5.26. The number of halogens is 1. The van der Waals surface area contributed by atoms with Crippen LogP contribution in [0.5, 0.6) is 0 Å². The Kier molecular flexibility index (Phi) is 5.16. The molecule has 3 heterocycles. The van der Waals surface area contributed by atoms with Gasteiger partial charge in [0.15, 0.2) is 0 Å². The van der Waals surface area contributed by atoms with Crippen molar-refractivity contribution in [2.24, 2.45) is 0 Å². The number of pyridine rings is 2. The highest BCUT2D eigenvalue weighted by Crippen LogP contribution is 2.32. The molecule has 0 saturated carbocycles. The summed E-state index contributed by atoms with van der Waals surface area (Å²) in [5, 5.41) is 1.80. The summed E-state index contributed by atoms with van der Waals surface area (Å²) in [5.74, 6) is 0. The molecular formula is C21H23ClN4. The Bertz CT molecular complexity index is 911. The zero-order chi connectivity index (χ0) is 17.9. The molecule has 1 aromatic carbocycles. The van der Waals surface area contributed by atoms with Crippen molar-refractivity contribution in [3.8, 4) is 11.1 Å². The molecule has 1 saturated heterocycles. The van der Waals surface area contributed by atoms with Crippen molar-refractivity contribution < 1.29 is 0 Å². The lowest BCUT2D eigenvalue weighted by Gasteiger charge is -2.22. The van der Waals surface area contributed by atoms with Gasteiger partial charge in [0.25, 0.3) is 0 Å². The highest BCUT2D eigenvalue weighted by molar-refractivity contribution is 6.33. The smallest absolute Gasteiger partial charge is 0.0706 e. The molecule has 0 amide bonds. The Morgan fingerprint density at radius 3 is 2.81 bits per heavy atom. The molecule has 0 unspecified atom stereocenters. The average Bonchev–Trinajstić information content (AvgIpc) is 2.86. The summed E-state index contributed by atoms with van der Waals surface area (Å²) < 4.78 is 0. The zero-order valence-corrected chi connectivity index (χ0v) is 15.8. The number of para-hydroxylation sites is 1. The van der Waals surface area contributed by atoms with Crippen LogP contribution in [0.2, 0.25) is 5.02 Å². The molecule has 0 bridgehead atoms. The molecule has 5 heteroatoms. The van der Waals surface area contributed by atoms with Crippen LogP contribution in [-0.4, -0.2) is 53.0 Å². The molecule has 134 valence electrons. The molecule has 0 N–H and O–H groups in total. The lowest BCUT2D eigenvalue weighted by Crippen LogP contribution is -2.29. The first-order chi connectivity index (χ1) is 12.7. The van der Waals surface area contributed by atoms with E-state index < -0.39 is 0 Å². The molecule has 0 spiro atoms. The molecule has 3 aromatic rings. The fourth-order valence-electron chi connectivity index (χ4n) is 3.57. The molecule has 0 aliphatic carbocycles. The van der Waals surface area contributed by atoms with E-state index in [9.17, 15) is 0 Å². The molecule has 26 heavy (non-hydrogen) atoms. The van der Waals surface area contributed by atoms with Gasteiger partial charge in [0.1, 0.15) is 0 Å². The van der Waals surface area contributed by atoms with Crippen molar-refractivity contribution in [3.63, 3.8) is 0 Å². The van der Waals surface area contributed by atoms with Gasteiger partial charge in [-0.15, -0.1) is 0 Å². The summed E-state index contributed by atoms with van der Waals surface area (Å²) in [6.07, 6.45) is 4.69. The number of benzene rings is 1. The third kappa shape index (κ3) is 3.73. The number of rotatable bonds is 3. The molecule has 1 aliphatic heterocycles. The predicted molar refractivity (Wildman–Crippen MR) is 107 cm³/mol. The number of nitrogens with zero attached hydrogens (tertiary/aromatic N) is 4. The van der Waals surface area contributed by atoms with E-state index in [-0.39, 0.29) is 0 Å². The van der Waals surface area contributed by atoms with Crippen LogP contribution in [-0.2, 0) is 6.54 Å². The first kappa shape index (κ1) is 17.4. The van der Waals surface area contributed by atoms with Gasteiger partial charge in [-0.05, 0) is 44.8 Å². The van der Waals surface area contributed by atoms with Crippen LogP contribution in [0, 0.1) is 0 Å². The first-order valence-corrected chi connectivity index (χ1v) is 9.48.